The monoisotopic (exact) mass is 526 g/mol. The lowest BCUT2D eigenvalue weighted by atomic mass is 9.72. The van der Waals surface area contributed by atoms with Gasteiger partial charge in [0.1, 0.15) is 10.8 Å². The van der Waals surface area contributed by atoms with E-state index in [1.54, 1.807) is 18.2 Å². The van der Waals surface area contributed by atoms with Gasteiger partial charge in [-0.3, -0.25) is 25.0 Å². The van der Waals surface area contributed by atoms with Crippen molar-refractivity contribution in [2.45, 2.75) is 40.0 Å². The first kappa shape index (κ1) is 25.5. The SMILES string of the molecule is CC(C)(C)C1CCc2c(sc(NC(=S)NC(=O)c3ccc(-c4ccccc4[N+](=O)[O-])o3)c2C(N)=O)C1. The second-order valence-electron chi connectivity index (χ2n) is 9.72. The fraction of sp³-hybridized carbons (Fsp3) is 0.320. The lowest BCUT2D eigenvalue weighted by molar-refractivity contribution is -0.384. The minimum atomic E-state index is -0.632. The number of carbonyl (C=O) groups is 2. The van der Waals surface area contributed by atoms with Gasteiger partial charge in [0.25, 0.3) is 17.5 Å². The van der Waals surface area contributed by atoms with Gasteiger partial charge in [-0.2, -0.15) is 0 Å². The Bertz CT molecular complexity index is 1370. The second kappa shape index (κ2) is 9.82. The summed E-state index contributed by atoms with van der Waals surface area (Å²) >= 11 is 6.75. The van der Waals surface area contributed by atoms with E-state index in [-0.39, 0.29) is 33.3 Å². The second-order valence-corrected chi connectivity index (χ2v) is 11.2. The van der Waals surface area contributed by atoms with Crippen LogP contribution in [-0.2, 0) is 12.8 Å². The Labute approximate surface area is 217 Å². The van der Waals surface area contributed by atoms with E-state index in [0.29, 0.717) is 16.5 Å². The van der Waals surface area contributed by atoms with Crippen molar-refractivity contribution in [3.8, 4) is 11.3 Å². The van der Waals surface area contributed by atoms with Crippen LogP contribution in [0.2, 0.25) is 0 Å². The Morgan fingerprint density at radius 2 is 1.94 bits per heavy atom. The van der Waals surface area contributed by atoms with Crippen molar-refractivity contribution in [1.29, 1.82) is 0 Å². The molecule has 1 aromatic carbocycles. The van der Waals surface area contributed by atoms with Gasteiger partial charge < -0.3 is 15.5 Å². The molecule has 3 aromatic rings. The normalized spacial score (nSPS) is 15.1. The average Bonchev–Trinajstić information content (AvgIpc) is 3.42. The van der Waals surface area contributed by atoms with Gasteiger partial charge in [0, 0.05) is 10.9 Å². The fourth-order valence-corrected chi connectivity index (χ4v) is 6.02. The highest BCUT2D eigenvalue weighted by Gasteiger charge is 2.33. The topological polar surface area (TPSA) is 140 Å². The molecular weight excluding hydrogens is 500 g/mol. The molecule has 0 fully saturated rings. The van der Waals surface area contributed by atoms with Crippen LogP contribution in [0.5, 0.6) is 0 Å². The molecule has 0 radical (unpaired) electrons. The van der Waals surface area contributed by atoms with Crippen molar-refractivity contribution < 1.29 is 18.9 Å². The van der Waals surface area contributed by atoms with E-state index in [1.165, 1.54) is 29.5 Å². The number of nitrogens with two attached hydrogens (primary N) is 1. The molecule has 1 unspecified atom stereocenters. The van der Waals surface area contributed by atoms with E-state index in [1.807, 2.05) is 0 Å². The molecule has 2 amide bonds. The maximum atomic E-state index is 12.7. The Hall–Kier alpha value is -3.57. The lowest BCUT2D eigenvalue weighted by Crippen LogP contribution is -2.34. The van der Waals surface area contributed by atoms with Gasteiger partial charge in [0.15, 0.2) is 10.9 Å². The van der Waals surface area contributed by atoms with Crippen molar-refractivity contribution in [2.75, 3.05) is 5.32 Å². The third kappa shape index (κ3) is 5.17. The molecule has 1 atom stereocenters. The number of primary amides is 1. The highest BCUT2D eigenvalue weighted by atomic mass is 32.1. The summed E-state index contributed by atoms with van der Waals surface area (Å²) in [6.45, 7) is 6.64. The number of nitro benzene ring substituents is 1. The molecule has 1 aliphatic rings. The molecule has 0 bridgehead atoms. The van der Waals surface area contributed by atoms with E-state index < -0.39 is 16.7 Å². The smallest absolute Gasteiger partial charge is 0.293 e. The minimum Gasteiger partial charge on any atom is -0.451 e. The number of rotatable bonds is 5. The van der Waals surface area contributed by atoms with Crippen LogP contribution in [0, 0.1) is 21.4 Å². The predicted octanol–water partition coefficient (Wildman–Crippen LogP) is 5.29. The number of carbonyl (C=O) groups excluding carboxylic acids is 2. The summed E-state index contributed by atoms with van der Waals surface area (Å²) in [7, 11) is 0. The molecule has 4 rings (SSSR count). The summed E-state index contributed by atoms with van der Waals surface area (Å²) in [5.74, 6) is -0.578. The number of nitrogens with zero attached hydrogens (tertiary/aromatic N) is 1. The molecule has 2 heterocycles. The Morgan fingerprint density at radius 3 is 2.61 bits per heavy atom. The molecule has 2 aromatic heterocycles. The van der Waals surface area contributed by atoms with E-state index in [0.717, 1.165) is 29.7 Å². The van der Waals surface area contributed by atoms with Gasteiger partial charge >= 0.3 is 0 Å². The number of nitro groups is 1. The first-order valence-electron chi connectivity index (χ1n) is 11.4. The molecule has 36 heavy (non-hydrogen) atoms. The van der Waals surface area contributed by atoms with Gasteiger partial charge in [-0.25, -0.2) is 0 Å². The number of amides is 2. The minimum absolute atomic E-state index is 0.0166. The van der Waals surface area contributed by atoms with Gasteiger partial charge in [0.2, 0.25) is 0 Å². The largest absolute Gasteiger partial charge is 0.451 e. The number of benzene rings is 1. The maximum Gasteiger partial charge on any atom is 0.293 e. The Balaban J connectivity index is 1.49. The van der Waals surface area contributed by atoms with Crippen LogP contribution in [0.4, 0.5) is 10.7 Å². The van der Waals surface area contributed by atoms with Gasteiger partial charge in [-0.1, -0.05) is 32.9 Å². The van der Waals surface area contributed by atoms with Crippen LogP contribution in [0.1, 0.15) is 58.5 Å². The van der Waals surface area contributed by atoms with E-state index in [4.69, 9.17) is 22.4 Å². The Kier molecular flexibility index (Phi) is 6.96. The third-order valence-corrected chi connectivity index (χ3v) is 7.76. The molecule has 11 heteroatoms. The number of furan rings is 1. The van der Waals surface area contributed by atoms with E-state index in [2.05, 4.69) is 31.4 Å². The van der Waals surface area contributed by atoms with Crippen molar-refractivity contribution in [3.05, 3.63) is 68.3 Å². The van der Waals surface area contributed by atoms with Crippen LogP contribution in [0.25, 0.3) is 11.3 Å². The van der Waals surface area contributed by atoms with Crippen LogP contribution in [0.15, 0.2) is 40.8 Å². The number of thiocarbonyl (C=S) groups is 1. The zero-order chi connectivity index (χ0) is 26.2. The Morgan fingerprint density at radius 1 is 1.22 bits per heavy atom. The summed E-state index contributed by atoms with van der Waals surface area (Å²) in [5, 5.41) is 17.3. The zero-order valence-corrected chi connectivity index (χ0v) is 21.7. The van der Waals surface area contributed by atoms with Crippen LogP contribution in [-0.4, -0.2) is 21.9 Å². The van der Waals surface area contributed by atoms with Crippen molar-refractivity contribution in [1.82, 2.24) is 5.32 Å². The molecule has 188 valence electrons. The maximum absolute atomic E-state index is 12.7. The summed E-state index contributed by atoms with van der Waals surface area (Å²) in [6.07, 6.45) is 2.58. The molecule has 0 saturated heterocycles. The highest BCUT2D eigenvalue weighted by molar-refractivity contribution is 7.80. The summed E-state index contributed by atoms with van der Waals surface area (Å²) in [6, 6.07) is 8.99. The lowest BCUT2D eigenvalue weighted by Gasteiger charge is -2.33. The first-order chi connectivity index (χ1) is 17.0. The number of anilines is 1. The quantitative estimate of drug-likeness (QED) is 0.233. The van der Waals surface area contributed by atoms with Crippen molar-refractivity contribution in [2.24, 2.45) is 17.1 Å². The highest BCUT2D eigenvalue weighted by Crippen LogP contribution is 2.44. The van der Waals surface area contributed by atoms with Gasteiger partial charge in [0.05, 0.1) is 16.1 Å². The molecule has 1 aliphatic carbocycles. The predicted molar refractivity (Wildman–Crippen MR) is 142 cm³/mol. The van der Waals surface area contributed by atoms with E-state index >= 15 is 0 Å². The first-order valence-corrected chi connectivity index (χ1v) is 12.6. The number of nitrogens with one attached hydrogen (secondary N) is 2. The van der Waals surface area contributed by atoms with Crippen LogP contribution < -0.4 is 16.4 Å². The van der Waals surface area contributed by atoms with Gasteiger partial charge in [-0.05, 0) is 66.6 Å². The van der Waals surface area contributed by atoms with Crippen molar-refractivity contribution in [3.63, 3.8) is 0 Å². The number of para-hydroxylation sites is 1. The number of fused-ring (bicyclic) bond motifs is 1. The van der Waals surface area contributed by atoms with E-state index in [9.17, 15) is 19.7 Å². The molecule has 0 saturated carbocycles. The van der Waals surface area contributed by atoms with Crippen molar-refractivity contribution >= 4 is 51.2 Å². The molecule has 4 N–H and O–H groups in total. The summed E-state index contributed by atoms with van der Waals surface area (Å²) in [5.41, 5.74) is 7.33. The number of hydrogen-bond acceptors (Lipinski definition) is 7. The van der Waals surface area contributed by atoms with Crippen LogP contribution in [0.3, 0.4) is 0 Å². The molecular formula is C25H26N4O5S2. The molecule has 0 aliphatic heterocycles. The summed E-state index contributed by atoms with van der Waals surface area (Å²) < 4.78 is 5.57. The molecule has 9 nitrogen and oxygen atoms in total. The third-order valence-electron chi connectivity index (χ3n) is 6.39. The summed E-state index contributed by atoms with van der Waals surface area (Å²) in [4.78, 5) is 36.9. The zero-order valence-electron chi connectivity index (χ0n) is 20.0. The fourth-order valence-electron chi connectivity index (χ4n) is 4.42. The van der Waals surface area contributed by atoms with Crippen LogP contribution >= 0.6 is 23.6 Å². The van der Waals surface area contributed by atoms with Gasteiger partial charge in [-0.15, -0.1) is 11.3 Å². The standard InChI is InChI=1S/C25H26N4O5S2/c1-25(2,3)13-8-9-15-19(12-13)36-23(20(15)21(26)30)28-24(35)27-22(31)18-11-10-17(34-18)14-6-4-5-7-16(14)29(32)33/h4-7,10-11,13H,8-9,12H2,1-3H3,(H2,26,30)(H2,27,28,31,35). The average molecular weight is 527 g/mol. The number of hydrogen-bond donors (Lipinski definition) is 3. The molecule has 0 spiro atoms. The number of thiophene rings is 1.